The number of methoxy groups -OCH3 is 1. The Hall–Kier alpha value is -0.520. The Bertz CT molecular complexity index is 190. The zero-order valence-corrected chi connectivity index (χ0v) is 7.76. The van der Waals surface area contributed by atoms with Crippen LogP contribution < -0.4 is 0 Å². The molecule has 1 saturated carbocycles. The molecule has 1 aliphatic carbocycles. The normalized spacial score (nSPS) is 21.9. The van der Waals surface area contributed by atoms with Crippen molar-refractivity contribution >= 4 is 0 Å². The van der Waals surface area contributed by atoms with Crippen molar-refractivity contribution in [2.45, 2.75) is 44.3 Å². The maximum atomic E-state index is 9.72. The number of aliphatic hydroxyl groups excluding tert-OH is 1. The molecule has 1 rings (SSSR count). The molecule has 0 radical (unpaired) electrons. The van der Waals surface area contributed by atoms with Gasteiger partial charge in [0.1, 0.15) is 0 Å². The van der Waals surface area contributed by atoms with Crippen molar-refractivity contribution in [1.82, 2.24) is 0 Å². The SMILES string of the molecule is CC#CCC(O)C1(OC)CCC1. The Balaban J connectivity index is 2.46. The molecule has 1 aliphatic rings. The van der Waals surface area contributed by atoms with E-state index in [0.29, 0.717) is 6.42 Å². The maximum absolute atomic E-state index is 9.72. The predicted octanol–water partition coefficient (Wildman–Crippen LogP) is 1.33. The van der Waals surface area contributed by atoms with Gasteiger partial charge in [-0.05, 0) is 26.2 Å². The molecule has 0 amide bonds. The maximum Gasteiger partial charge on any atom is 0.0945 e. The number of rotatable bonds is 3. The molecule has 1 unspecified atom stereocenters. The van der Waals surface area contributed by atoms with E-state index in [4.69, 9.17) is 4.74 Å². The molecule has 12 heavy (non-hydrogen) atoms. The van der Waals surface area contributed by atoms with Crippen LogP contribution in [0.15, 0.2) is 0 Å². The van der Waals surface area contributed by atoms with Crippen LogP contribution >= 0.6 is 0 Å². The highest BCUT2D eigenvalue weighted by Gasteiger charge is 2.43. The van der Waals surface area contributed by atoms with Gasteiger partial charge in [-0.3, -0.25) is 0 Å². The van der Waals surface area contributed by atoms with Gasteiger partial charge in [0.05, 0.1) is 11.7 Å². The van der Waals surface area contributed by atoms with Crippen molar-refractivity contribution in [3.8, 4) is 11.8 Å². The smallest absolute Gasteiger partial charge is 0.0945 e. The van der Waals surface area contributed by atoms with Gasteiger partial charge in [0.2, 0.25) is 0 Å². The van der Waals surface area contributed by atoms with Gasteiger partial charge in [0.15, 0.2) is 0 Å². The monoisotopic (exact) mass is 168 g/mol. The van der Waals surface area contributed by atoms with Crippen molar-refractivity contribution in [2.24, 2.45) is 0 Å². The molecule has 2 nitrogen and oxygen atoms in total. The van der Waals surface area contributed by atoms with Crippen LogP contribution in [0.1, 0.15) is 32.6 Å². The summed E-state index contributed by atoms with van der Waals surface area (Å²) >= 11 is 0. The van der Waals surface area contributed by atoms with Gasteiger partial charge in [-0.15, -0.1) is 11.8 Å². The van der Waals surface area contributed by atoms with Crippen LogP contribution in [-0.4, -0.2) is 23.9 Å². The van der Waals surface area contributed by atoms with E-state index in [-0.39, 0.29) is 5.60 Å². The van der Waals surface area contributed by atoms with Crippen molar-refractivity contribution in [3.05, 3.63) is 0 Å². The summed E-state index contributed by atoms with van der Waals surface area (Å²) in [6.07, 6.45) is 3.21. The van der Waals surface area contributed by atoms with Crippen LogP contribution in [0, 0.1) is 11.8 Å². The van der Waals surface area contributed by atoms with Crippen LogP contribution in [-0.2, 0) is 4.74 Å². The zero-order valence-electron chi connectivity index (χ0n) is 7.76. The lowest BCUT2D eigenvalue weighted by Gasteiger charge is -2.43. The standard InChI is InChI=1S/C10H16O2/c1-3-4-6-9(11)10(12-2)7-5-8-10/h9,11H,5-8H2,1-2H3. The van der Waals surface area contributed by atoms with Crippen LogP contribution in [0.4, 0.5) is 0 Å². The first-order valence-electron chi connectivity index (χ1n) is 4.38. The highest BCUT2D eigenvalue weighted by atomic mass is 16.5. The fraction of sp³-hybridized carbons (Fsp3) is 0.800. The average molecular weight is 168 g/mol. The predicted molar refractivity (Wildman–Crippen MR) is 47.7 cm³/mol. The molecule has 0 saturated heterocycles. The number of hydrogen-bond donors (Lipinski definition) is 1. The third kappa shape index (κ3) is 1.63. The topological polar surface area (TPSA) is 29.5 Å². The van der Waals surface area contributed by atoms with Crippen molar-refractivity contribution in [2.75, 3.05) is 7.11 Å². The lowest BCUT2D eigenvalue weighted by Crippen LogP contribution is -2.49. The Morgan fingerprint density at radius 2 is 2.25 bits per heavy atom. The first-order chi connectivity index (χ1) is 5.75. The molecule has 0 aromatic heterocycles. The molecule has 0 aliphatic heterocycles. The molecule has 1 fully saturated rings. The second-order valence-corrected chi connectivity index (χ2v) is 3.27. The van der Waals surface area contributed by atoms with E-state index in [1.807, 2.05) is 0 Å². The number of aliphatic hydroxyl groups is 1. The van der Waals surface area contributed by atoms with E-state index in [9.17, 15) is 5.11 Å². The summed E-state index contributed by atoms with van der Waals surface area (Å²) in [6.45, 7) is 1.78. The van der Waals surface area contributed by atoms with Crippen LogP contribution in [0.3, 0.4) is 0 Å². The molecule has 0 bridgehead atoms. The van der Waals surface area contributed by atoms with E-state index in [2.05, 4.69) is 11.8 Å². The van der Waals surface area contributed by atoms with Crippen molar-refractivity contribution in [3.63, 3.8) is 0 Å². The molecule has 68 valence electrons. The Labute approximate surface area is 73.9 Å². The molecule has 0 heterocycles. The Kier molecular flexibility index (Phi) is 3.13. The fourth-order valence-corrected chi connectivity index (χ4v) is 1.58. The summed E-state index contributed by atoms with van der Waals surface area (Å²) in [5.74, 6) is 5.65. The minimum atomic E-state index is -0.413. The summed E-state index contributed by atoms with van der Waals surface area (Å²) in [7, 11) is 1.67. The van der Waals surface area contributed by atoms with Gasteiger partial charge >= 0.3 is 0 Å². The quantitative estimate of drug-likeness (QED) is 0.644. The minimum absolute atomic E-state index is 0.274. The van der Waals surface area contributed by atoms with E-state index in [1.165, 1.54) is 0 Å². The van der Waals surface area contributed by atoms with E-state index in [1.54, 1.807) is 14.0 Å². The van der Waals surface area contributed by atoms with Gasteiger partial charge < -0.3 is 9.84 Å². The third-order valence-corrected chi connectivity index (χ3v) is 2.69. The van der Waals surface area contributed by atoms with Gasteiger partial charge in [-0.25, -0.2) is 0 Å². The largest absolute Gasteiger partial charge is 0.389 e. The molecule has 0 aromatic carbocycles. The summed E-state index contributed by atoms with van der Waals surface area (Å²) in [4.78, 5) is 0. The molecular weight excluding hydrogens is 152 g/mol. The van der Waals surface area contributed by atoms with Gasteiger partial charge in [-0.1, -0.05) is 0 Å². The second kappa shape index (κ2) is 3.93. The highest BCUT2D eigenvalue weighted by molar-refractivity contribution is 5.04. The Morgan fingerprint density at radius 1 is 1.58 bits per heavy atom. The van der Waals surface area contributed by atoms with Crippen LogP contribution in [0.5, 0.6) is 0 Å². The van der Waals surface area contributed by atoms with Crippen molar-refractivity contribution < 1.29 is 9.84 Å². The molecule has 1 atom stereocenters. The fourth-order valence-electron chi connectivity index (χ4n) is 1.58. The average Bonchev–Trinajstić information content (AvgIpc) is 2.00. The molecule has 2 heteroatoms. The first kappa shape index (κ1) is 9.57. The van der Waals surface area contributed by atoms with E-state index >= 15 is 0 Å². The third-order valence-electron chi connectivity index (χ3n) is 2.69. The zero-order chi connectivity index (χ0) is 9.03. The molecule has 0 spiro atoms. The van der Waals surface area contributed by atoms with E-state index < -0.39 is 6.10 Å². The number of ether oxygens (including phenoxy) is 1. The summed E-state index contributed by atoms with van der Waals surface area (Å²) in [5.41, 5.74) is -0.274. The molecular formula is C10H16O2. The summed E-state index contributed by atoms with van der Waals surface area (Å²) < 4.78 is 5.31. The lowest BCUT2D eigenvalue weighted by atomic mass is 9.75. The van der Waals surface area contributed by atoms with Gasteiger partial charge in [0.25, 0.3) is 0 Å². The minimum Gasteiger partial charge on any atom is -0.389 e. The summed E-state index contributed by atoms with van der Waals surface area (Å²) in [6, 6.07) is 0. The lowest BCUT2D eigenvalue weighted by molar-refractivity contribution is -0.147. The number of hydrogen-bond acceptors (Lipinski definition) is 2. The van der Waals surface area contributed by atoms with Gasteiger partial charge in [0, 0.05) is 13.5 Å². The van der Waals surface area contributed by atoms with Gasteiger partial charge in [-0.2, -0.15) is 0 Å². The second-order valence-electron chi connectivity index (χ2n) is 3.27. The highest BCUT2D eigenvalue weighted by Crippen LogP contribution is 2.38. The summed E-state index contributed by atoms with van der Waals surface area (Å²) in [5, 5.41) is 9.72. The molecule has 0 aromatic rings. The van der Waals surface area contributed by atoms with Crippen LogP contribution in [0.25, 0.3) is 0 Å². The van der Waals surface area contributed by atoms with Crippen molar-refractivity contribution in [1.29, 1.82) is 0 Å². The van der Waals surface area contributed by atoms with E-state index in [0.717, 1.165) is 19.3 Å². The Morgan fingerprint density at radius 3 is 2.58 bits per heavy atom. The first-order valence-corrected chi connectivity index (χ1v) is 4.38. The molecule has 1 N–H and O–H groups in total. The van der Waals surface area contributed by atoms with Crippen LogP contribution in [0.2, 0.25) is 0 Å².